The van der Waals surface area contributed by atoms with Crippen LogP contribution in [0.1, 0.15) is 20.3 Å². The molecule has 0 N–H and O–H groups in total. The highest BCUT2D eigenvalue weighted by Gasteiger charge is 1.57. The molecule has 0 saturated carbocycles. The Bertz CT molecular complexity index is 23.4. The van der Waals surface area contributed by atoms with Gasteiger partial charge in [0.05, 0.1) is 0 Å². The summed E-state index contributed by atoms with van der Waals surface area (Å²) in [5.74, 6) is 1.01. The molecule has 0 aromatic heterocycles. The summed E-state index contributed by atoms with van der Waals surface area (Å²) < 4.78 is 0. The van der Waals surface area contributed by atoms with Gasteiger partial charge in [-0.25, -0.2) is 0 Å². The molecule has 0 radical (unpaired) electrons. The Morgan fingerprint density at radius 1 is 1.71 bits per heavy atom. The fourth-order valence-corrected chi connectivity index (χ4v) is 0. The first kappa shape index (κ1) is 10.1. The Balaban J connectivity index is 0. The molecule has 0 bridgehead atoms. The first-order chi connectivity index (χ1) is 3.33. The Kier molecular flexibility index (Phi) is 24.0. The zero-order valence-corrected chi connectivity index (χ0v) is 6.04. The van der Waals surface area contributed by atoms with Crippen LogP contribution in [0.3, 0.4) is 0 Å². The third kappa shape index (κ3) is 85.7. The first-order valence-electron chi connectivity index (χ1n) is 2.51. The van der Waals surface area contributed by atoms with Crippen molar-refractivity contribution in [3.63, 3.8) is 0 Å². The van der Waals surface area contributed by atoms with Gasteiger partial charge >= 0.3 is 0 Å². The van der Waals surface area contributed by atoms with Gasteiger partial charge in [-0.2, -0.15) is 12.6 Å². The summed E-state index contributed by atoms with van der Waals surface area (Å²) in [7, 11) is 0. The average molecular weight is 118 g/mol. The van der Waals surface area contributed by atoms with Gasteiger partial charge in [0.25, 0.3) is 0 Å². The van der Waals surface area contributed by atoms with E-state index < -0.39 is 0 Å². The van der Waals surface area contributed by atoms with Gasteiger partial charge in [-0.3, -0.25) is 0 Å². The molecule has 0 aliphatic heterocycles. The van der Waals surface area contributed by atoms with E-state index in [1.807, 2.05) is 6.92 Å². The Labute approximate surface area is 52.0 Å². The molecule has 0 nitrogen and oxygen atoms in total. The first-order valence-corrected chi connectivity index (χ1v) is 3.14. The van der Waals surface area contributed by atoms with Crippen molar-refractivity contribution in [1.29, 1.82) is 0 Å². The zero-order valence-electron chi connectivity index (χ0n) is 5.15. The van der Waals surface area contributed by atoms with Gasteiger partial charge in [-0.15, -0.1) is 6.58 Å². The molecule has 0 heterocycles. The number of hydrogen-bond acceptors (Lipinski definition) is 1. The molecular weight excluding hydrogens is 104 g/mol. The predicted octanol–water partition coefficient (Wildman–Crippen LogP) is 2.52. The molecule has 0 fully saturated rings. The lowest BCUT2D eigenvalue weighted by Gasteiger charge is -1.67. The van der Waals surface area contributed by atoms with Crippen molar-refractivity contribution in [2.24, 2.45) is 0 Å². The lowest BCUT2D eigenvalue weighted by molar-refractivity contribution is 1.11. The molecule has 44 valence electrons. The molecule has 0 saturated heterocycles. The van der Waals surface area contributed by atoms with Crippen LogP contribution in [0.2, 0.25) is 0 Å². The van der Waals surface area contributed by atoms with Crippen molar-refractivity contribution >= 4 is 12.6 Å². The van der Waals surface area contributed by atoms with Gasteiger partial charge < -0.3 is 0 Å². The van der Waals surface area contributed by atoms with E-state index in [-0.39, 0.29) is 0 Å². The van der Waals surface area contributed by atoms with Crippen molar-refractivity contribution < 1.29 is 0 Å². The molecular formula is C6H14S. The number of hydrogen-bond donors (Lipinski definition) is 1. The van der Waals surface area contributed by atoms with Gasteiger partial charge in [0.15, 0.2) is 0 Å². The predicted molar refractivity (Wildman–Crippen MR) is 40.0 cm³/mol. The lowest BCUT2D eigenvalue weighted by atomic mass is 10.6. The maximum atomic E-state index is 3.92. The number of thiol groups is 1. The quantitative estimate of drug-likeness (QED) is 0.397. The monoisotopic (exact) mass is 118 g/mol. The van der Waals surface area contributed by atoms with Crippen LogP contribution < -0.4 is 0 Å². The van der Waals surface area contributed by atoms with Crippen LogP contribution in [-0.4, -0.2) is 5.75 Å². The zero-order chi connectivity index (χ0) is 6.12. The molecule has 1 heteroatoms. The Hall–Kier alpha value is 0.0900. The molecule has 7 heavy (non-hydrogen) atoms. The van der Waals surface area contributed by atoms with Crippen molar-refractivity contribution in [1.82, 2.24) is 0 Å². The van der Waals surface area contributed by atoms with E-state index in [1.165, 1.54) is 6.42 Å². The highest BCUT2D eigenvalue weighted by molar-refractivity contribution is 7.80. The second-order valence-electron chi connectivity index (χ2n) is 1.13. The van der Waals surface area contributed by atoms with Gasteiger partial charge in [-0.05, 0) is 19.1 Å². The van der Waals surface area contributed by atoms with Crippen LogP contribution in [-0.2, 0) is 0 Å². The molecule has 0 aliphatic rings. The van der Waals surface area contributed by atoms with Crippen LogP contribution >= 0.6 is 12.6 Å². The normalized spacial score (nSPS) is 6.14. The molecule has 0 amide bonds. The molecule has 0 atom stereocenters. The fraction of sp³-hybridized carbons (Fsp3) is 0.667. The van der Waals surface area contributed by atoms with Crippen molar-refractivity contribution in [2.75, 3.05) is 5.75 Å². The molecule has 0 aliphatic carbocycles. The van der Waals surface area contributed by atoms with Crippen molar-refractivity contribution in [3.05, 3.63) is 12.7 Å². The van der Waals surface area contributed by atoms with Gasteiger partial charge in [-0.1, -0.05) is 13.0 Å². The third-order valence-electron chi connectivity index (χ3n) is 0.224. The Morgan fingerprint density at radius 3 is 1.86 bits per heavy atom. The maximum absolute atomic E-state index is 3.92. The second kappa shape index (κ2) is 16.5. The van der Waals surface area contributed by atoms with Crippen LogP contribution in [0, 0.1) is 0 Å². The van der Waals surface area contributed by atoms with E-state index in [0.717, 1.165) is 5.75 Å². The summed E-state index contributed by atoms with van der Waals surface area (Å²) in [6, 6.07) is 0. The summed E-state index contributed by atoms with van der Waals surface area (Å²) in [6.07, 6.45) is 2.93. The Morgan fingerprint density at radius 2 is 1.86 bits per heavy atom. The summed E-state index contributed by atoms with van der Waals surface area (Å²) in [4.78, 5) is 0. The minimum absolute atomic E-state index is 1.01. The van der Waals surface area contributed by atoms with E-state index in [2.05, 4.69) is 26.1 Å². The van der Waals surface area contributed by atoms with Crippen LogP contribution in [0.25, 0.3) is 0 Å². The van der Waals surface area contributed by atoms with Gasteiger partial charge in [0, 0.05) is 0 Å². The van der Waals surface area contributed by atoms with Gasteiger partial charge in [0.1, 0.15) is 0 Å². The number of allylic oxidation sites excluding steroid dienone is 1. The topological polar surface area (TPSA) is 0 Å². The highest BCUT2D eigenvalue weighted by atomic mass is 32.1. The van der Waals surface area contributed by atoms with E-state index in [1.54, 1.807) is 6.08 Å². The molecule has 0 spiro atoms. The molecule has 0 unspecified atom stereocenters. The summed E-state index contributed by atoms with van der Waals surface area (Å²) >= 11 is 3.92. The fourth-order valence-electron chi connectivity index (χ4n) is 0. The van der Waals surface area contributed by atoms with E-state index in [9.17, 15) is 0 Å². The molecule has 0 aromatic carbocycles. The van der Waals surface area contributed by atoms with Crippen LogP contribution in [0.15, 0.2) is 12.7 Å². The minimum Gasteiger partial charge on any atom is -0.179 e. The van der Waals surface area contributed by atoms with E-state index >= 15 is 0 Å². The van der Waals surface area contributed by atoms with Crippen LogP contribution in [0.4, 0.5) is 0 Å². The summed E-state index contributed by atoms with van der Waals surface area (Å²) in [5, 5.41) is 0. The molecule has 0 rings (SSSR count). The standard InChI is InChI=1S/C3H8S.C3H6/c1-2-3-4;1-3-2/h4H,2-3H2,1H3;3H,1H2,2H3. The van der Waals surface area contributed by atoms with Crippen LogP contribution in [0.5, 0.6) is 0 Å². The third-order valence-corrected chi connectivity index (χ3v) is 0.671. The SMILES string of the molecule is C=CC.CCCS. The van der Waals surface area contributed by atoms with E-state index in [0.29, 0.717) is 0 Å². The highest BCUT2D eigenvalue weighted by Crippen LogP contribution is 1.74. The molecule has 0 aromatic rings. The largest absolute Gasteiger partial charge is 0.179 e. The second-order valence-corrected chi connectivity index (χ2v) is 1.58. The van der Waals surface area contributed by atoms with Crippen molar-refractivity contribution in [2.45, 2.75) is 20.3 Å². The van der Waals surface area contributed by atoms with Crippen molar-refractivity contribution in [3.8, 4) is 0 Å². The lowest BCUT2D eigenvalue weighted by Crippen LogP contribution is -1.56. The average Bonchev–Trinajstić information content (AvgIpc) is 1.69. The smallest absolute Gasteiger partial charge is 0.0101 e. The number of rotatable bonds is 1. The van der Waals surface area contributed by atoms with E-state index in [4.69, 9.17) is 0 Å². The summed E-state index contributed by atoms with van der Waals surface area (Å²) in [5.41, 5.74) is 0. The van der Waals surface area contributed by atoms with Gasteiger partial charge in [0.2, 0.25) is 0 Å². The maximum Gasteiger partial charge on any atom is -0.0101 e. The minimum atomic E-state index is 1.01. The summed E-state index contributed by atoms with van der Waals surface area (Å²) in [6.45, 7) is 7.35.